The van der Waals surface area contributed by atoms with Crippen LogP contribution in [0.1, 0.15) is 41.7 Å². The molecule has 0 fully saturated rings. The van der Waals surface area contributed by atoms with Gasteiger partial charge in [0.15, 0.2) is 0 Å². The van der Waals surface area contributed by atoms with E-state index in [1.165, 1.54) is 93.9 Å². The lowest BCUT2D eigenvalue weighted by atomic mass is 9.72. The van der Waals surface area contributed by atoms with Crippen LogP contribution in [0.25, 0.3) is 77.3 Å². The minimum absolute atomic E-state index is 0.169. The topological polar surface area (TPSA) is 18.1 Å². The van der Waals surface area contributed by atoms with Crippen molar-refractivity contribution in [3.8, 4) is 16.8 Å². The summed E-state index contributed by atoms with van der Waals surface area (Å²) in [4.78, 5) is 0. The molecule has 0 amide bonds. The van der Waals surface area contributed by atoms with Crippen LogP contribution in [0.5, 0.6) is 0 Å². The van der Waals surface area contributed by atoms with Crippen molar-refractivity contribution in [2.75, 3.05) is 0 Å². The number of aromatic nitrogens is 1. The van der Waals surface area contributed by atoms with E-state index < -0.39 is 0 Å². The molecule has 2 nitrogen and oxygen atoms in total. The number of hydrogen-bond donors (Lipinski definition) is 0. The summed E-state index contributed by atoms with van der Waals surface area (Å²) in [6, 6.07) is 45.0. The molecule has 2 heterocycles. The van der Waals surface area contributed by atoms with Gasteiger partial charge in [0.05, 0.1) is 11.0 Å². The highest BCUT2D eigenvalue weighted by Gasteiger charge is 2.41. The molecule has 2 unspecified atom stereocenters. The molecule has 0 aliphatic heterocycles. The quantitative estimate of drug-likeness (QED) is 0.182. The highest BCUT2D eigenvalue weighted by Crippen LogP contribution is 2.57. The minimum Gasteiger partial charge on any atom is -0.455 e. The van der Waals surface area contributed by atoms with Crippen LogP contribution in [-0.4, -0.2) is 4.57 Å². The molecule has 6 aromatic carbocycles. The highest BCUT2D eigenvalue weighted by molar-refractivity contribution is 6.15. The number of para-hydroxylation sites is 2. The molecular weight excluding hydrogens is 619 g/mol. The first-order chi connectivity index (χ1) is 25.1. The fourth-order valence-electron chi connectivity index (χ4n) is 10.1. The Morgan fingerprint density at radius 1 is 0.569 bits per heavy atom. The van der Waals surface area contributed by atoms with Crippen molar-refractivity contribution in [1.82, 2.24) is 4.57 Å². The summed E-state index contributed by atoms with van der Waals surface area (Å²) in [5, 5.41) is 4.89. The first-order valence-corrected chi connectivity index (χ1v) is 18.1. The van der Waals surface area contributed by atoms with E-state index in [2.05, 4.69) is 170 Å². The van der Waals surface area contributed by atoms with Gasteiger partial charge in [0, 0.05) is 50.0 Å². The number of fused-ring (bicyclic) bond motifs is 13. The molecule has 0 saturated heterocycles. The second-order valence-corrected chi connectivity index (χ2v) is 15.2. The number of hydrogen-bond acceptors (Lipinski definition) is 1. The van der Waals surface area contributed by atoms with Crippen LogP contribution in [0.4, 0.5) is 0 Å². The molecule has 0 N–H and O–H groups in total. The molecule has 4 aliphatic carbocycles. The van der Waals surface area contributed by atoms with Gasteiger partial charge in [0.2, 0.25) is 0 Å². The molecule has 2 atom stereocenters. The van der Waals surface area contributed by atoms with Crippen molar-refractivity contribution in [2.45, 2.75) is 19.3 Å². The normalized spacial score (nSPS) is 19.2. The van der Waals surface area contributed by atoms with Gasteiger partial charge in [0.1, 0.15) is 11.2 Å². The van der Waals surface area contributed by atoms with Crippen LogP contribution in [0.15, 0.2) is 156 Å². The number of nitrogens with zero attached hydrogens (tertiary/aromatic N) is 1. The molecular formula is C49H33NO. The SMILES string of the molecule is CC1(C)c2cc3c(cc2-c2c1ccc1c2oc2ccccc21)c1ccccc1n3-c1ccc(C2=CC=C3c4ccccc4C4=CC=CC2C43)cc1. The molecule has 2 aromatic heterocycles. The van der Waals surface area contributed by atoms with Crippen molar-refractivity contribution >= 4 is 60.5 Å². The zero-order chi connectivity index (χ0) is 33.6. The molecule has 0 radical (unpaired) electrons. The van der Waals surface area contributed by atoms with Crippen LogP contribution in [-0.2, 0) is 5.41 Å². The van der Waals surface area contributed by atoms with E-state index in [0.29, 0.717) is 11.8 Å². The summed E-state index contributed by atoms with van der Waals surface area (Å²) < 4.78 is 9.09. The predicted octanol–water partition coefficient (Wildman–Crippen LogP) is 12.7. The van der Waals surface area contributed by atoms with E-state index in [4.69, 9.17) is 4.42 Å². The van der Waals surface area contributed by atoms with Crippen molar-refractivity contribution in [2.24, 2.45) is 11.8 Å². The molecule has 12 rings (SSSR count). The average Bonchev–Trinajstić information content (AvgIpc) is 3.88. The van der Waals surface area contributed by atoms with E-state index in [1.807, 2.05) is 0 Å². The van der Waals surface area contributed by atoms with Gasteiger partial charge in [-0.25, -0.2) is 0 Å². The van der Waals surface area contributed by atoms with E-state index >= 15 is 0 Å². The van der Waals surface area contributed by atoms with Gasteiger partial charge in [-0.15, -0.1) is 0 Å². The smallest absolute Gasteiger partial charge is 0.143 e. The van der Waals surface area contributed by atoms with Crippen LogP contribution in [0.3, 0.4) is 0 Å². The van der Waals surface area contributed by atoms with Crippen molar-refractivity contribution < 1.29 is 4.42 Å². The van der Waals surface area contributed by atoms with Crippen LogP contribution in [0, 0.1) is 11.8 Å². The zero-order valence-electron chi connectivity index (χ0n) is 28.4. The third-order valence-electron chi connectivity index (χ3n) is 12.4. The summed E-state index contributed by atoms with van der Waals surface area (Å²) in [7, 11) is 0. The van der Waals surface area contributed by atoms with Crippen LogP contribution < -0.4 is 0 Å². The maximum atomic E-state index is 6.62. The van der Waals surface area contributed by atoms with Gasteiger partial charge < -0.3 is 8.98 Å². The zero-order valence-corrected chi connectivity index (χ0v) is 28.4. The summed E-state index contributed by atoms with van der Waals surface area (Å²) in [6.45, 7) is 4.72. The van der Waals surface area contributed by atoms with E-state index in [-0.39, 0.29) is 5.41 Å². The molecule has 4 aliphatic rings. The van der Waals surface area contributed by atoms with Crippen LogP contribution >= 0.6 is 0 Å². The Balaban J connectivity index is 1.02. The fraction of sp³-hybridized carbons (Fsp3) is 0.102. The summed E-state index contributed by atoms with van der Waals surface area (Å²) in [5.41, 5.74) is 19.0. The Hall–Kier alpha value is -6.12. The Morgan fingerprint density at radius 2 is 1.29 bits per heavy atom. The molecule has 0 bridgehead atoms. The van der Waals surface area contributed by atoms with Crippen LogP contribution in [0.2, 0.25) is 0 Å². The third kappa shape index (κ3) is 3.47. The number of rotatable bonds is 2. The summed E-state index contributed by atoms with van der Waals surface area (Å²) >= 11 is 0. The Bertz CT molecular complexity index is 2990. The van der Waals surface area contributed by atoms with Crippen molar-refractivity contribution in [3.63, 3.8) is 0 Å². The Labute approximate surface area is 296 Å². The standard InChI is InChI=1S/C49H33NO/c1-49(2)41-25-24-38-34-13-6-8-17-45(34)51-48(38)47(41)40-26-39-33-12-5-7-16-43(33)50(44(39)27-42(40)49)29-20-18-28(19-21-29)30-22-23-37-32-11-4-3-10-31(32)36-15-9-14-35(30)46(36)37/h3-27,35,46H,1-2H3. The van der Waals surface area contributed by atoms with Gasteiger partial charge in [-0.2, -0.15) is 0 Å². The Kier molecular flexibility index (Phi) is 5.19. The van der Waals surface area contributed by atoms with Crippen molar-refractivity contribution in [3.05, 3.63) is 180 Å². The first kappa shape index (κ1) is 27.7. The number of furan rings is 1. The molecule has 2 heteroatoms. The maximum absolute atomic E-state index is 6.62. The lowest BCUT2D eigenvalue weighted by molar-refractivity contribution is 0.653. The lowest BCUT2D eigenvalue weighted by Crippen LogP contribution is -2.18. The third-order valence-corrected chi connectivity index (χ3v) is 12.4. The van der Waals surface area contributed by atoms with Crippen molar-refractivity contribution in [1.29, 1.82) is 0 Å². The molecule has 240 valence electrons. The second kappa shape index (κ2) is 9.56. The Morgan fingerprint density at radius 3 is 2.14 bits per heavy atom. The molecule has 51 heavy (non-hydrogen) atoms. The number of benzene rings is 6. The number of allylic oxidation sites excluding steroid dienone is 8. The second-order valence-electron chi connectivity index (χ2n) is 15.2. The van der Waals surface area contributed by atoms with Gasteiger partial charge in [-0.05, 0) is 86.5 Å². The lowest BCUT2D eigenvalue weighted by Gasteiger charge is -2.31. The molecule has 0 saturated carbocycles. The van der Waals surface area contributed by atoms with E-state index in [0.717, 1.165) is 11.2 Å². The van der Waals surface area contributed by atoms with Gasteiger partial charge in [0.25, 0.3) is 0 Å². The first-order valence-electron chi connectivity index (χ1n) is 18.1. The molecule has 0 spiro atoms. The minimum atomic E-state index is -0.169. The highest BCUT2D eigenvalue weighted by atomic mass is 16.3. The average molecular weight is 652 g/mol. The monoisotopic (exact) mass is 651 g/mol. The van der Waals surface area contributed by atoms with Gasteiger partial charge in [-0.1, -0.05) is 129 Å². The molecule has 8 aromatic rings. The fourth-order valence-corrected chi connectivity index (χ4v) is 10.1. The van der Waals surface area contributed by atoms with Gasteiger partial charge in [-0.3, -0.25) is 0 Å². The van der Waals surface area contributed by atoms with Gasteiger partial charge >= 0.3 is 0 Å². The van der Waals surface area contributed by atoms with E-state index in [9.17, 15) is 0 Å². The summed E-state index contributed by atoms with van der Waals surface area (Å²) in [5.74, 6) is 0.723. The largest absolute Gasteiger partial charge is 0.455 e. The summed E-state index contributed by atoms with van der Waals surface area (Å²) in [6.07, 6.45) is 11.7. The predicted molar refractivity (Wildman–Crippen MR) is 212 cm³/mol. The maximum Gasteiger partial charge on any atom is 0.143 e. The van der Waals surface area contributed by atoms with E-state index in [1.54, 1.807) is 0 Å².